The van der Waals surface area contributed by atoms with E-state index in [1.54, 1.807) is 10.8 Å². The molecule has 1 aliphatic heterocycles. The average Bonchev–Trinajstić information content (AvgIpc) is 2.84. The van der Waals surface area contributed by atoms with Gasteiger partial charge in [-0.3, -0.25) is 9.69 Å². The molecule has 1 aromatic rings. The zero-order valence-electron chi connectivity index (χ0n) is 11.7. The minimum Gasteiger partial charge on any atom is -0.477 e. The number of aryl methyl sites for hydroxylation is 1. The summed E-state index contributed by atoms with van der Waals surface area (Å²) in [5.41, 5.74) is 0.631. The number of nitrogens with zero attached hydrogens (tertiary/aromatic N) is 2. The van der Waals surface area contributed by atoms with Gasteiger partial charge in [0.2, 0.25) is 0 Å². The lowest BCUT2D eigenvalue weighted by Crippen LogP contribution is -2.37. The largest absolute Gasteiger partial charge is 0.477 e. The van der Waals surface area contributed by atoms with Crippen molar-refractivity contribution < 1.29 is 19.4 Å². The summed E-state index contributed by atoms with van der Waals surface area (Å²) in [5.74, 6) is -1.11. The topological polar surface area (TPSA) is 71.8 Å². The molecule has 0 atom stereocenters. The quantitative estimate of drug-likeness (QED) is 0.790. The van der Waals surface area contributed by atoms with E-state index in [-0.39, 0.29) is 11.5 Å². The van der Waals surface area contributed by atoms with Crippen molar-refractivity contribution >= 4 is 11.8 Å². The van der Waals surface area contributed by atoms with E-state index >= 15 is 0 Å². The Morgan fingerprint density at radius 3 is 2.60 bits per heavy atom. The summed E-state index contributed by atoms with van der Waals surface area (Å²) in [7, 11) is 0. The van der Waals surface area contributed by atoms with Crippen molar-refractivity contribution in [3.63, 3.8) is 0 Å². The third kappa shape index (κ3) is 3.68. The Kier molecular flexibility index (Phi) is 4.92. The Hall–Kier alpha value is -1.66. The normalized spacial score (nSPS) is 16.2. The van der Waals surface area contributed by atoms with Gasteiger partial charge in [0.05, 0.1) is 13.2 Å². The number of rotatable bonds is 6. The van der Waals surface area contributed by atoms with Gasteiger partial charge >= 0.3 is 5.97 Å². The monoisotopic (exact) mass is 280 g/mol. The van der Waals surface area contributed by atoms with Crippen molar-refractivity contribution in [1.82, 2.24) is 9.47 Å². The molecule has 0 spiro atoms. The molecular formula is C14H20N2O4. The van der Waals surface area contributed by atoms with Crippen LogP contribution in [0.25, 0.3) is 0 Å². The Balaban J connectivity index is 1.93. The van der Waals surface area contributed by atoms with Gasteiger partial charge in [-0.15, -0.1) is 0 Å². The van der Waals surface area contributed by atoms with Crippen LogP contribution in [0.3, 0.4) is 0 Å². The van der Waals surface area contributed by atoms with Crippen LogP contribution in [-0.2, 0) is 11.3 Å². The zero-order valence-corrected chi connectivity index (χ0v) is 11.7. The second-order valence-electron chi connectivity index (χ2n) is 4.98. The van der Waals surface area contributed by atoms with Crippen LogP contribution >= 0.6 is 0 Å². The maximum Gasteiger partial charge on any atom is 0.352 e. The first kappa shape index (κ1) is 14.7. The van der Waals surface area contributed by atoms with Crippen LogP contribution in [0.5, 0.6) is 0 Å². The highest BCUT2D eigenvalue weighted by molar-refractivity contribution is 5.97. The van der Waals surface area contributed by atoms with Crippen LogP contribution in [0.2, 0.25) is 0 Å². The third-order valence-corrected chi connectivity index (χ3v) is 3.50. The predicted molar refractivity (Wildman–Crippen MR) is 73.3 cm³/mol. The summed E-state index contributed by atoms with van der Waals surface area (Å²) < 4.78 is 6.93. The molecule has 0 radical (unpaired) electrons. The predicted octanol–water partition coefficient (Wildman–Crippen LogP) is 1.11. The van der Waals surface area contributed by atoms with Gasteiger partial charge in [0.25, 0.3) is 0 Å². The van der Waals surface area contributed by atoms with E-state index in [0.29, 0.717) is 12.1 Å². The van der Waals surface area contributed by atoms with Crippen LogP contribution in [0.15, 0.2) is 12.3 Å². The van der Waals surface area contributed by atoms with Crippen LogP contribution in [0.4, 0.5) is 0 Å². The number of hydrogen-bond acceptors (Lipinski definition) is 4. The van der Waals surface area contributed by atoms with Gasteiger partial charge in [0, 0.05) is 37.9 Å². The first-order valence-electron chi connectivity index (χ1n) is 6.82. The molecule has 0 aromatic carbocycles. The molecule has 1 N–H and O–H groups in total. The summed E-state index contributed by atoms with van der Waals surface area (Å²) in [4.78, 5) is 24.8. The van der Waals surface area contributed by atoms with E-state index in [2.05, 4.69) is 4.90 Å². The van der Waals surface area contributed by atoms with E-state index in [1.165, 1.54) is 13.0 Å². The maximum atomic E-state index is 11.3. The molecule has 0 unspecified atom stereocenters. The van der Waals surface area contributed by atoms with Crippen molar-refractivity contribution in [3.05, 3.63) is 23.5 Å². The van der Waals surface area contributed by atoms with Gasteiger partial charge in [-0.1, -0.05) is 0 Å². The molecule has 0 bridgehead atoms. The van der Waals surface area contributed by atoms with E-state index in [9.17, 15) is 9.59 Å². The van der Waals surface area contributed by atoms with Crippen LogP contribution in [0.1, 0.15) is 34.2 Å². The van der Waals surface area contributed by atoms with Crippen LogP contribution in [-0.4, -0.2) is 59.2 Å². The number of carboxylic acids is 1. The number of Topliss-reactive ketones (excluding diaryl/α,β-unsaturated/α-hetero) is 1. The molecule has 1 aromatic heterocycles. The molecule has 2 rings (SSSR count). The second kappa shape index (κ2) is 6.67. The van der Waals surface area contributed by atoms with Crippen LogP contribution < -0.4 is 0 Å². The SMILES string of the molecule is CC(=O)c1cc(C(=O)O)n(CCCN2CCOCC2)c1. The molecule has 20 heavy (non-hydrogen) atoms. The summed E-state index contributed by atoms with van der Waals surface area (Å²) in [6.45, 7) is 6.34. The number of morpholine rings is 1. The van der Waals surface area contributed by atoms with Gasteiger partial charge < -0.3 is 14.4 Å². The Morgan fingerprint density at radius 1 is 1.30 bits per heavy atom. The average molecular weight is 280 g/mol. The zero-order chi connectivity index (χ0) is 14.5. The fraction of sp³-hybridized carbons (Fsp3) is 0.571. The molecule has 110 valence electrons. The lowest BCUT2D eigenvalue weighted by molar-refractivity contribution is 0.0369. The van der Waals surface area contributed by atoms with Crippen molar-refractivity contribution in [2.24, 2.45) is 0 Å². The second-order valence-corrected chi connectivity index (χ2v) is 4.98. The number of aromatic carboxylic acids is 1. The molecule has 2 heterocycles. The first-order valence-corrected chi connectivity index (χ1v) is 6.82. The standard InChI is InChI=1S/C14H20N2O4/c1-11(17)12-9-13(14(18)19)16(10-12)4-2-3-15-5-7-20-8-6-15/h9-10H,2-8H2,1H3,(H,18,19). The number of ether oxygens (including phenoxy) is 1. The number of carboxylic acid groups (broad SMARTS) is 1. The summed E-state index contributed by atoms with van der Waals surface area (Å²) >= 11 is 0. The first-order chi connectivity index (χ1) is 9.58. The van der Waals surface area contributed by atoms with E-state index < -0.39 is 5.97 Å². The lowest BCUT2D eigenvalue weighted by atomic mass is 10.2. The molecule has 0 amide bonds. The van der Waals surface area contributed by atoms with Gasteiger partial charge in [-0.25, -0.2) is 4.79 Å². The smallest absolute Gasteiger partial charge is 0.352 e. The van der Waals surface area contributed by atoms with E-state index in [4.69, 9.17) is 9.84 Å². The molecule has 6 heteroatoms. The van der Waals surface area contributed by atoms with E-state index in [0.717, 1.165) is 39.3 Å². The number of aromatic nitrogens is 1. The summed E-state index contributed by atoms with van der Waals surface area (Å²) in [5, 5.41) is 9.15. The highest BCUT2D eigenvalue weighted by atomic mass is 16.5. The van der Waals surface area contributed by atoms with Crippen molar-refractivity contribution in [3.8, 4) is 0 Å². The highest BCUT2D eigenvalue weighted by Gasteiger charge is 2.15. The van der Waals surface area contributed by atoms with Crippen molar-refractivity contribution in [1.29, 1.82) is 0 Å². The number of ketones is 1. The number of carbonyl (C=O) groups is 2. The van der Waals surface area contributed by atoms with Crippen molar-refractivity contribution in [2.75, 3.05) is 32.8 Å². The van der Waals surface area contributed by atoms with E-state index in [1.807, 2.05) is 0 Å². The lowest BCUT2D eigenvalue weighted by Gasteiger charge is -2.26. The molecule has 1 aliphatic rings. The molecule has 0 aliphatic carbocycles. The van der Waals surface area contributed by atoms with Gasteiger partial charge in [0.15, 0.2) is 5.78 Å². The van der Waals surface area contributed by atoms with Gasteiger partial charge in [0.1, 0.15) is 5.69 Å². The van der Waals surface area contributed by atoms with Gasteiger partial charge in [-0.2, -0.15) is 0 Å². The Labute approximate surface area is 117 Å². The molecule has 1 fully saturated rings. The molecular weight excluding hydrogens is 260 g/mol. The fourth-order valence-corrected chi connectivity index (χ4v) is 2.36. The maximum absolute atomic E-state index is 11.3. The molecule has 6 nitrogen and oxygen atoms in total. The summed E-state index contributed by atoms with van der Waals surface area (Å²) in [6, 6.07) is 1.44. The molecule has 1 saturated heterocycles. The third-order valence-electron chi connectivity index (χ3n) is 3.50. The Morgan fingerprint density at radius 2 is 2.00 bits per heavy atom. The minimum atomic E-state index is -0.996. The number of hydrogen-bond donors (Lipinski definition) is 1. The summed E-state index contributed by atoms with van der Waals surface area (Å²) in [6.07, 6.45) is 2.48. The van der Waals surface area contributed by atoms with Crippen molar-refractivity contribution in [2.45, 2.75) is 19.9 Å². The number of carbonyl (C=O) groups excluding carboxylic acids is 1. The minimum absolute atomic E-state index is 0.112. The molecule has 0 saturated carbocycles. The van der Waals surface area contributed by atoms with Gasteiger partial charge in [-0.05, 0) is 19.4 Å². The van der Waals surface area contributed by atoms with Crippen LogP contribution in [0, 0.1) is 0 Å². The Bertz CT molecular complexity index is 489. The fourth-order valence-electron chi connectivity index (χ4n) is 2.36. The highest BCUT2D eigenvalue weighted by Crippen LogP contribution is 2.11.